The number of hydrogen-bond donors (Lipinski definition) is 2. The van der Waals surface area contributed by atoms with E-state index >= 15 is 0 Å². The van der Waals surface area contributed by atoms with E-state index in [-0.39, 0.29) is 12.8 Å². The lowest BCUT2D eigenvalue weighted by Crippen LogP contribution is -2.49. The maximum Gasteiger partial charge on any atom is 0.326 e. The highest BCUT2D eigenvalue weighted by molar-refractivity contribution is 5.83. The number of esters is 1. The van der Waals surface area contributed by atoms with E-state index in [9.17, 15) is 14.4 Å². The van der Waals surface area contributed by atoms with E-state index in [1.54, 1.807) is 4.90 Å². The van der Waals surface area contributed by atoms with Crippen LogP contribution in [0, 0.1) is 0 Å². The van der Waals surface area contributed by atoms with Crippen molar-refractivity contribution in [2.45, 2.75) is 32.2 Å². The molecule has 0 spiro atoms. The van der Waals surface area contributed by atoms with Crippen LogP contribution in [-0.4, -0.2) is 54.2 Å². The summed E-state index contributed by atoms with van der Waals surface area (Å²) in [7, 11) is 1.24. The maximum absolute atomic E-state index is 12.0. The molecule has 0 aromatic carbocycles. The number of amides is 2. The van der Waals surface area contributed by atoms with Crippen LogP contribution in [0.2, 0.25) is 0 Å². The first kappa shape index (κ1) is 16.0. The molecule has 1 aliphatic heterocycles. The Morgan fingerprint density at radius 3 is 2.75 bits per heavy atom. The van der Waals surface area contributed by atoms with Crippen molar-refractivity contribution in [1.82, 2.24) is 10.2 Å². The zero-order chi connectivity index (χ0) is 15.1. The van der Waals surface area contributed by atoms with Crippen molar-refractivity contribution in [1.29, 1.82) is 0 Å². The van der Waals surface area contributed by atoms with Gasteiger partial charge in [0.25, 0.3) is 0 Å². The van der Waals surface area contributed by atoms with Crippen molar-refractivity contribution in [2.24, 2.45) is 0 Å². The minimum Gasteiger partial charge on any atom is -0.480 e. The number of carbonyl (C=O) groups excluding carboxylic acids is 2. The van der Waals surface area contributed by atoms with Gasteiger partial charge in [0.05, 0.1) is 7.11 Å². The smallest absolute Gasteiger partial charge is 0.326 e. The van der Waals surface area contributed by atoms with Gasteiger partial charge in [-0.15, -0.1) is 0 Å². The van der Waals surface area contributed by atoms with Gasteiger partial charge in [0.1, 0.15) is 6.04 Å². The van der Waals surface area contributed by atoms with Gasteiger partial charge in [0.2, 0.25) is 0 Å². The summed E-state index contributed by atoms with van der Waals surface area (Å²) in [5.74, 6) is -1.66. The van der Waals surface area contributed by atoms with Crippen molar-refractivity contribution in [3.05, 3.63) is 11.6 Å². The minimum absolute atomic E-state index is 0.0103. The lowest BCUT2D eigenvalue weighted by molar-refractivity contribution is -0.142. The highest BCUT2D eigenvalue weighted by Gasteiger charge is 2.24. The van der Waals surface area contributed by atoms with E-state index in [1.807, 2.05) is 6.92 Å². The summed E-state index contributed by atoms with van der Waals surface area (Å²) in [6, 6.07) is -1.51. The number of carboxylic acids is 1. The quantitative estimate of drug-likeness (QED) is 0.574. The fraction of sp³-hybridized carbons (Fsp3) is 0.615. The Balaban J connectivity index is 2.52. The maximum atomic E-state index is 12.0. The first-order chi connectivity index (χ1) is 9.43. The number of methoxy groups -OCH3 is 1. The molecule has 112 valence electrons. The lowest BCUT2D eigenvalue weighted by Gasteiger charge is -2.27. The van der Waals surface area contributed by atoms with Crippen LogP contribution in [0.3, 0.4) is 0 Å². The van der Waals surface area contributed by atoms with Crippen molar-refractivity contribution in [3.63, 3.8) is 0 Å². The van der Waals surface area contributed by atoms with Gasteiger partial charge in [-0.2, -0.15) is 0 Å². The van der Waals surface area contributed by atoms with E-state index in [2.05, 4.69) is 16.1 Å². The molecule has 2 amide bonds. The van der Waals surface area contributed by atoms with Gasteiger partial charge in [-0.1, -0.05) is 11.6 Å². The summed E-state index contributed by atoms with van der Waals surface area (Å²) in [6.45, 7) is 2.98. The number of carbonyl (C=O) groups is 3. The lowest BCUT2D eigenvalue weighted by atomic mass is 10.1. The van der Waals surface area contributed by atoms with Crippen molar-refractivity contribution in [3.8, 4) is 0 Å². The fourth-order valence-corrected chi connectivity index (χ4v) is 1.95. The molecule has 0 fully saturated rings. The van der Waals surface area contributed by atoms with Gasteiger partial charge >= 0.3 is 18.0 Å². The van der Waals surface area contributed by atoms with Crippen LogP contribution in [0.25, 0.3) is 0 Å². The van der Waals surface area contributed by atoms with E-state index in [0.29, 0.717) is 13.1 Å². The van der Waals surface area contributed by atoms with Crippen LogP contribution in [0.5, 0.6) is 0 Å². The summed E-state index contributed by atoms with van der Waals surface area (Å²) < 4.78 is 4.45. The third-order valence-electron chi connectivity index (χ3n) is 3.08. The highest BCUT2D eigenvalue weighted by atomic mass is 16.5. The molecule has 0 radical (unpaired) electrons. The van der Waals surface area contributed by atoms with Gasteiger partial charge < -0.3 is 20.1 Å². The molecule has 7 nitrogen and oxygen atoms in total. The normalized spacial score (nSPS) is 16.1. The second kappa shape index (κ2) is 7.52. The molecule has 0 aromatic rings. The number of urea groups is 1. The SMILES string of the molecule is COC(=O)CC[C@@H](NC(=O)N1CCC=C(C)C1)C(=O)O. The molecule has 2 N–H and O–H groups in total. The largest absolute Gasteiger partial charge is 0.480 e. The molecule has 7 heteroatoms. The molecule has 0 aliphatic carbocycles. The Hall–Kier alpha value is -2.05. The van der Waals surface area contributed by atoms with Crippen LogP contribution in [0.1, 0.15) is 26.2 Å². The number of carboxylic acid groups (broad SMARTS) is 1. The average molecular weight is 284 g/mol. The monoisotopic (exact) mass is 284 g/mol. The second-order valence-electron chi connectivity index (χ2n) is 4.72. The summed E-state index contributed by atoms with van der Waals surface area (Å²) in [4.78, 5) is 35.6. The molecular weight excluding hydrogens is 264 g/mol. The van der Waals surface area contributed by atoms with Crippen LogP contribution in [0.15, 0.2) is 11.6 Å². The van der Waals surface area contributed by atoms with E-state index in [4.69, 9.17) is 5.11 Å². The van der Waals surface area contributed by atoms with Crippen molar-refractivity contribution >= 4 is 18.0 Å². The Morgan fingerprint density at radius 2 is 2.20 bits per heavy atom. The van der Waals surface area contributed by atoms with Gasteiger partial charge in [0.15, 0.2) is 0 Å². The Bertz CT molecular complexity index is 419. The van der Waals surface area contributed by atoms with Gasteiger partial charge in [-0.25, -0.2) is 9.59 Å². The first-order valence-corrected chi connectivity index (χ1v) is 6.44. The Labute approximate surface area is 117 Å². The first-order valence-electron chi connectivity index (χ1n) is 6.44. The molecule has 0 saturated heterocycles. The summed E-state index contributed by atoms with van der Waals surface area (Å²) in [5.41, 5.74) is 1.08. The summed E-state index contributed by atoms with van der Waals surface area (Å²) in [6.07, 6.45) is 2.78. The number of nitrogens with zero attached hydrogens (tertiary/aromatic N) is 1. The van der Waals surface area contributed by atoms with Gasteiger partial charge in [0, 0.05) is 19.5 Å². The highest BCUT2D eigenvalue weighted by Crippen LogP contribution is 2.09. The molecule has 1 rings (SSSR count). The zero-order valence-corrected chi connectivity index (χ0v) is 11.7. The molecule has 1 atom stereocenters. The summed E-state index contributed by atoms with van der Waals surface area (Å²) in [5, 5.41) is 11.5. The number of rotatable bonds is 5. The van der Waals surface area contributed by atoms with Crippen LogP contribution in [-0.2, 0) is 14.3 Å². The Morgan fingerprint density at radius 1 is 1.50 bits per heavy atom. The molecule has 1 aliphatic rings. The minimum atomic E-state index is -1.16. The second-order valence-corrected chi connectivity index (χ2v) is 4.72. The van der Waals surface area contributed by atoms with Crippen LogP contribution in [0.4, 0.5) is 4.79 Å². The average Bonchev–Trinajstić information content (AvgIpc) is 2.42. The molecule has 0 saturated carbocycles. The molecular formula is C13H20N2O5. The zero-order valence-electron chi connectivity index (χ0n) is 11.7. The van der Waals surface area contributed by atoms with Crippen LogP contribution < -0.4 is 5.32 Å². The third-order valence-corrected chi connectivity index (χ3v) is 3.08. The van der Waals surface area contributed by atoms with Gasteiger partial charge in [-0.05, 0) is 19.8 Å². The van der Waals surface area contributed by atoms with Crippen LogP contribution >= 0.6 is 0 Å². The molecule has 20 heavy (non-hydrogen) atoms. The topological polar surface area (TPSA) is 95.9 Å². The number of aliphatic carboxylic acids is 1. The molecule has 1 heterocycles. The van der Waals surface area contributed by atoms with E-state index in [1.165, 1.54) is 7.11 Å². The number of hydrogen-bond acceptors (Lipinski definition) is 4. The van der Waals surface area contributed by atoms with Crippen molar-refractivity contribution < 1.29 is 24.2 Å². The fourth-order valence-electron chi connectivity index (χ4n) is 1.95. The standard InChI is InChI=1S/C13H20N2O5/c1-9-4-3-7-15(8-9)13(19)14-10(12(17)18)5-6-11(16)20-2/h4,10H,3,5-8H2,1-2H3,(H,14,19)(H,17,18)/t10-/m1/s1. The molecule has 0 aromatic heterocycles. The predicted octanol–water partition coefficient (Wildman–Crippen LogP) is 0.754. The van der Waals surface area contributed by atoms with Crippen molar-refractivity contribution in [2.75, 3.05) is 20.2 Å². The third kappa shape index (κ3) is 4.91. The Kier molecular flexibility index (Phi) is 6.02. The number of nitrogens with one attached hydrogen (secondary N) is 1. The molecule has 0 unspecified atom stereocenters. The van der Waals surface area contributed by atoms with Gasteiger partial charge in [-0.3, -0.25) is 4.79 Å². The number of ether oxygens (including phenoxy) is 1. The molecule has 0 bridgehead atoms. The summed E-state index contributed by atoms with van der Waals surface area (Å²) >= 11 is 0. The van der Waals surface area contributed by atoms with E-state index < -0.39 is 24.0 Å². The van der Waals surface area contributed by atoms with E-state index in [0.717, 1.165) is 12.0 Å². The predicted molar refractivity (Wildman–Crippen MR) is 71.2 cm³/mol.